The highest BCUT2D eigenvalue weighted by Crippen LogP contribution is 2.24. The van der Waals surface area contributed by atoms with Crippen LogP contribution in [0, 0.1) is 0 Å². The van der Waals surface area contributed by atoms with Gasteiger partial charge in [-0.2, -0.15) is 0 Å². The zero-order valence-corrected chi connectivity index (χ0v) is 10.9. The first-order valence-corrected chi connectivity index (χ1v) is 6.07. The fourth-order valence-electron chi connectivity index (χ4n) is 1.94. The van der Waals surface area contributed by atoms with E-state index in [1.165, 1.54) is 5.56 Å². The van der Waals surface area contributed by atoms with Crippen molar-refractivity contribution in [2.75, 3.05) is 5.32 Å². The van der Waals surface area contributed by atoms with Gasteiger partial charge >= 0.3 is 0 Å². The number of nitrogens with one attached hydrogen (secondary N) is 2. The average molecular weight is 246 g/mol. The highest BCUT2D eigenvalue weighted by atomic mass is 16.2. The van der Waals surface area contributed by atoms with Crippen molar-refractivity contribution in [2.45, 2.75) is 38.6 Å². The number of rotatable bonds is 2. The minimum Gasteiger partial charge on any atom is -0.373 e. The lowest BCUT2D eigenvalue weighted by Crippen LogP contribution is -2.30. The van der Waals surface area contributed by atoms with E-state index in [0.29, 0.717) is 0 Å². The van der Waals surface area contributed by atoms with Crippen molar-refractivity contribution in [3.63, 3.8) is 0 Å². The first-order chi connectivity index (χ1) is 8.36. The van der Waals surface area contributed by atoms with E-state index in [1.54, 1.807) is 0 Å². The van der Waals surface area contributed by atoms with Gasteiger partial charge in [-0.05, 0) is 23.1 Å². The molecule has 1 aliphatic heterocycles. The summed E-state index contributed by atoms with van der Waals surface area (Å²) in [7, 11) is 0. The van der Waals surface area contributed by atoms with Crippen LogP contribution >= 0.6 is 0 Å². The van der Waals surface area contributed by atoms with Gasteiger partial charge < -0.3 is 5.32 Å². The molecule has 0 spiro atoms. The highest BCUT2D eigenvalue weighted by molar-refractivity contribution is 6.06. The van der Waals surface area contributed by atoms with Crippen LogP contribution in [0.3, 0.4) is 0 Å². The van der Waals surface area contributed by atoms with Crippen molar-refractivity contribution in [3.05, 3.63) is 29.8 Å². The molecule has 1 saturated heterocycles. The minimum atomic E-state index is -0.446. The van der Waals surface area contributed by atoms with Gasteiger partial charge in [0.15, 0.2) is 0 Å². The number of carbonyl (C=O) groups is 2. The van der Waals surface area contributed by atoms with Crippen molar-refractivity contribution >= 4 is 17.5 Å². The molecule has 0 aliphatic carbocycles. The van der Waals surface area contributed by atoms with E-state index >= 15 is 0 Å². The van der Waals surface area contributed by atoms with Crippen LogP contribution in [0.4, 0.5) is 5.69 Å². The Labute approximate surface area is 107 Å². The van der Waals surface area contributed by atoms with Gasteiger partial charge in [0, 0.05) is 5.69 Å². The summed E-state index contributed by atoms with van der Waals surface area (Å²) in [6.07, 6.45) is 0.208. The van der Waals surface area contributed by atoms with Crippen molar-refractivity contribution in [3.8, 4) is 0 Å². The second-order valence-electron chi connectivity index (χ2n) is 5.64. The Kier molecular flexibility index (Phi) is 3.11. The van der Waals surface area contributed by atoms with Crippen molar-refractivity contribution < 1.29 is 9.59 Å². The number of hydrogen-bond acceptors (Lipinski definition) is 3. The second kappa shape index (κ2) is 4.44. The van der Waals surface area contributed by atoms with Crippen LogP contribution in [-0.4, -0.2) is 17.9 Å². The van der Waals surface area contributed by atoms with Gasteiger partial charge in [0.2, 0.25) is 11.8 Å². The third-order valence-electron chi connectivity index (χ3n) is 3.06. The van der Waals surface area contributed by atoms with Gasteiger partial charge in [0.25, 0.3) is 0 Å². The van der Waals surface area contributed by atoms with E-state index in [0.717, 1.165) is 5.69 Å². The first-order valence-electron chi connectivity index (χ1n) is 6.07. The molecule has 4 heteroatoms. The molecule has 2 amide bonds. The molecule has 2 N–H and O–H groups in total. The van der Waals surface area contributed by atoms with Crippen LogP contribution < -0.4 is 10.6 Å². The number of amides is 2. The summed E-state index contributed by atoms with van der Waals surface area (Å²) in [5.74, 6) is -0.469. The van der Waals surface area contributed by atoms with E-state index in [-0.39, 0.29) is 23.7 Å². The molecule has 0 aromatic heterocycles. The lowest BCUT2D eigenvalue weighted by Gasteiger charge is -2.19. The van der Waals surface area contributed by atoms with Gasteiger partial charge in [-0.1, -0.05) is 32.9 Å². The molecule has 2 rings (SSSR count). The molecule has 1 aromatic carbocycles. The fraction of sp³-hybridized carbons (Fsp3) is 0.429. The standard InChI is InChI=1S/C14H18N2O2/c1-14(2,3)9-4-6-10(7-5-9)15-11-8-12(17)16-13(11)18/h4-7,11,15H,8H2,1-3H3,(H,16,17,18). The highest BCUT2D eigenvalue weighted by Gasteiger charge is 2.30. The van der Waals surface area contributed by atoms with Crippen LogP contribution in [0.25, 0.3) is 0 Å². The normalized spacial score (nSPS) is 19.8. The molecule has 1 unspecified atom stereocenters. The van der Waals surface area contributed by atoms with Gasteiger partial charge in [0.1, 0.15) is 6.04 Å². The lowest BCUT2D eigenvalue weighted by molar-refractivity contribution is -0.124. The van der Waals surface area contributed by atoms with Gasteiger partial charge in [-0.25, -0.2) is 0 Å². The molecular formula is C14H18N2O2. The number of hydrogen-bond donors (Lipinski definition) is 2. The number of imide groups is 1. The summed E-state index contributed by atoms with van der Waals surface area (Å²) in [5, 5.41) is 5.35. The number of benzene rings is 1. The Morgan fingerprint density at radius 1 is 1.17 bits per heavy atom. The molecule has 18 heavy (non-hydrogen) atoms. The molecule has 1 heterocycles. The average Bonchev–Trinajstić information content (AvgIpc) is 2.57. The minimum absolute atomic E-state index is 0.110. The van der Waals surface area contributed by atoms with Gasteiger partial charge in [-0.3, -0.25) is 14.9 Å². The molecular weight excluding hydrogens is 228 g/mol. The predicted molar refractivity (Wildman–Crippen MR) is 70.3 cm³/mol. The Bertz CT molecular complexity index is 472. The van der Waals surface area contributed by atoms with Crippen LogP contribution in [0.15, 0.2) is 24.3 Å². The van der Waals surface area contributed by atoms with Crippen LogP contribution in [0.5, 0.6) is 0 Å². The summed E-state index contributed by atoms with van der Waals surface area (Å²) in [4.78, 5) is 22.5. The molecule has 1 aliphatic rings. The maximum atomic E-state index is 11.4. The van der Waals surface area contributed by atoms with E-state index in [1.807, 2.05) is 24.3 Å². The summed E-state index contributed by atoms with van der Waals surface area (Å²) in [5.41, 5.74) is 2.21. The first kappa shape index (κ1) is 12.6. The molecule has 0 bridgehead atoms. The molecule has 96 valence electrons. The predicted octanol–water partition coefficient (Wildman–Crippen LogP) is 1.81. The van der Waals surface area contributed by atoms with E-state index < -0.39 is 6.04 Å². The van der Waals surface area contributed by atoms with Crippen molar-refractivity contribution in [1.29, 1.82) is 0 Å². The van der Waals surface area contributed by atoms with Gasteiger partial charge in [0.05, 0.1) is 6.42 Å². The maximum absolute atomic E-state index is 11.4. The van der Waals surface area contributed by atoms with Gasteiger partial charge in [-0.15, -0.1) is 0 Å². The van der Waals surface area contributed by atoms with E-state index in [2.05, 4.69) is 31.4 Å². The third kappa shape index (κ3) is 2.70. The molecule has 1 atom stereocenters. The fourth-order valence-corrected chi connectivity index (χ4v) is 1.94. The van der Waals surface area contributed by atoms with Crippen LogP contribution in [0.2, 0.25) is 0 Å². The lowest BCUT2D eigenvalue weighted by atomic mass is 9.87. The molecule has 0 radical (unpaired) electrons. The number of carbonyl (C=O) groups excluding carboxylic acids is 2. The quantitative estimate of drug-likeness (QED) is 0.782. The smallest absolute Gasteiger partial charge is 0.249 e. The zero-order valence-electron chi connectivity index (χ0n) is 10.9. The van der Waals surface area contributed by atoms with Crippen molar-refractivity contribution in [1.82, 2.24) is 5.32 Å². The summed E-state index contributed by atoms with van der Waals surface area (Å²) >= 11 is 0. The van der Waals surface area contributed by atoms with Crippen LogP contribution in [0.1, 0.15) is 32.8 Å². The Morgan fingerprint density at radius 3 is 2.22 bits per heavy atom. The SMILES string of the molecule is CC(C)(C)c1ccc(NC2CC(=O)NC2=O)cc1. The zero-order chi connectivity index (χ0) is 13.3. The molecule has 1 fully saturated rings. The summed E-state index contributed by atoms with van der Waals surface area (Å²) < 4.78 is 0. The Hall–Kier alpha value is -1.84. The van der Waals surface area contributed by atoms with Crippen LogP contribution in [-0.2, 0) is 15.0 Å². The molecule has 0 saturated carbocycles. The topological polar surface area (TPSA) is 58.2 Å². The number of anilines is 1. The summed E-state index contributed by atoms with van der Waals surface area (Å²) in [6, 6.07) is 7.51. The molecule has 1 aromatic rings. The Balaban J connectivity index is 2.07. The summed E-state index contributed by atoms with van der Waals surface area (Å²) in [6.45, 7) is 6.45. The largest absolute Gasteiger partial charge is 0.373 e. The molecule has 4 nitrogen and oxygen atoms in total. The van der Waals surface area contributed by atoms with E-state index in [9.17, 15) is 9.59 Å². The monoisotopic (exact) mass is 246 g/mol. The Morgan fingerprint density at radius 2 is 1.78 bits per heavy atom. The third-order valence-corrected chi connectivity index (χ3v) is 3.06. The maximum Gasteiger partial charge on any atom is 0.249 e. The van der Waals surface area contributed by atoms with E-state index in [4.69, 9.17) is 0 Å². The van der Waals surface area contributed by atoms with Crippen molar-refractivity contribution in [2.24, 2.45) is 0 Å². The second-order valence-corrected chi connectivity index (χ2v) is 5.64.